The standard InChI is InChI=1S/C16H19N3O2/c1-12-3-4-15(13(2)9-12)18-11-14(10-17)16(20)19-5-7-21-8-6-19/h3-4,9,11,18H,5-8H2,1-2H3/b14-11-. The van der Waals surface area contributed by atoms with Gasteiger partial charge >= 0.3 is 0 Å². The molecule has 1 aromatic carbocycles. The van der Waals surface area contributed by atoms with Crippen LogP contribution in [0.4, 0.5) is 5.69 Å². The SMILES string of the molecule is Cc1ccc(N/C=C(/C#N)C(=O)N2CCOCC2)c(C)c1. The van der Waals surface area contributed by atoms with Crippen molar-refractivity contribution in [3.63, 3.8) is 0 Å². The Morgan fingerprint density at radius 2 is 2.10 bits per heavy atom. The summed E-state index contributed by atoms with van der Waals surface area (Å²) < 4.78 is 5.21. The number of nitriles is 1. The van der Waals surface area contributed by atoms with Gasteiger partial charge in [-0.3, -0.25) is 4.79 Å². The second-order valence-electron chi connectivity index (χ2n) is 5.04. The monoisotopic (exact) mass is 285 g/mol. The molecular formula is C16H19N3O2. The molecule has 1 aliphatic rings. The number of amides is 1. The molecule has 0 aliphatic carbocycles. The molecule has 1 aromatic rings. The van der Waals surface area contributed by atoms with E-state index in [9.17, 15) is 10.1 Å². The zero-order valence-electron chi connectivity index (χ0n) is 12.3. The molecule has 0 spiro atoms. The van der Waals surface area contributed by atoms with Gasteiger partial charge in [-0.15, -0.1) is 0 Å². The zero-order chi connectivity index (χ0) is 15.2. The average molecular weight is 285 g/mol. The first kappa shape index (κ1) is 15.1. The maximum absolute atomic E-state index is 12.2. The Bertz CT molecular complexity index is 596. The van der Waals surface area contributed by atoms with Crippen LogP contribution >= 0.6 is 0 Å². The molecule has 0 atom stereocenters. The summed E-state index contributed by atoms with van der Waals surface area (Å²) in [5, 5.41) is 12.2. The number of nitrogens with zero attached hydrogens (tertiary/aromatic N) is 2. The fourth-order valence-corrected chi connectivity index (χ4v) is 2.20. The van der Waals surface area contributed by atoms with Crippen molar-refractivity contribution in [1.29, 1.82) is 5.26 Å². The average Bonchev–Trinajstić information content (AvgIpc) is 2.50. The first-order chi connectivity index (χ1) is 10.1. The molecule has 0 aromatic heterocycles. The van der Waals surface area contributed by atoms with Crippen molar-refractivity contribution in [2.75, 3.05) is 31.6 Å². The Morgan fingerprint density at radius 1 is 1.38 bits per heavy atom. The van der Waals surface area contributed by atoms with E-state index < -0.39 is 0 Å². The lowest BCUT2D eigenvalue weighted by Crippen LogP contribution is -2.41. The minimum Gasteiger partial charge on any atom is -0.378 e. The molecule has 0 saturated carbocycles. The highest BCUT2D eigenvalue weighted by Crippen LogP contribution is 2.16. The molecule has 21 heavy (non-hydrogen) atoms. The van der Waals surface area contributed by atoms with Crippen molar-refractivity contribution in [2.24, 2.45) is 0 Å². The molecule has 0 bridgehead atoms. The Balaban J connectivity index is 2.09. The summed E-state index contributed by atoms with van der Waals surface area (Å²) in [4.78, 5) is 13.9. The van der Waals surface area contributed by atoms with Crippen LogP contribution in [0.1, 0.15) is 11.1 Å². The maximum atomic E-state index is 12.2. The van der Waals surface area contributed by atoms with Crippen LogP contribution in [0.15, 0.2) is 30.0 Å². The molecule has 1 fully saturated rings. The smallest absolute Gasteiger partial charge is 0.266 e. The second kappa shape index (κ2) is 6.91. The van der Waals surface area contributed by atoms with Crippen molar-refractivity contribution in [2.45, 2.75) is 13.8 Å². The van der Waals surface area contributed by atoms with Gasteiger partial charge in [0.1, 0.15) is 11.6 Å². The fourth-order valence-electron chi connectivity index (χ4n) is 2.20. The summed E-state index contributed by atoms with van der Waals surface area (Å²) >= 11 is 0. The summed E-state index contributed by atoms with van der Waals surface area (Å²) in [6, 6.07) is 7.94. The van der Waals surface area contributed by atoms with E-state index in [0.29, 0.717) is 26.3 Å². The maximum Gasteiger partial charge on any atom is 0.266 e. The Morgan fingerprint density at radius 3 is 2.71 bits per heavy atom. The van der Waals surface area contributed by atoms with Gasteiger partial charge in [0, 0.05) is 25.0 Å². The zero-order valence-corrected chi connectivity index (χ0v) is 12.3. The number of hydrogen-bond acceptors (Lipinski definition) is 4. The lowest BCUT2D eigenvalue weighted by molar-refractivity contribution is -0.130. The number of carbonyl (C=O) groups is 1. The molecular weight excluding hydrogens is 266 g/mol. The molecule has 1 saturated heterocycles. The molecule has 2 rings (SSSR count). The van der Waals surface area contributed by atoms with Crippen LogP contribution in [0, 0.1) is 25.2 Å². The Hall–Kier alpha value is -2.32. The first-order valence-corrected chi connectivity index (χ1v) is 6.93. The van der Waals surface area contributed by atoms with E-state index in [4.69, 9.17) is 4.74 Å². The predicted molar refractivity (Wildman–Crippen MR) is 80.6 cm³/mol. The van der Waals surface area contributed by atoms with Gasteiger partial charge < -0.3 is 15.0 Å². The normalized spacial score (nSPS) is 15.5. The number of aryl methyl sites for hydroxylation is 2. The quantitative estimate of drug-likeness (QED) is 0.681. The number of hydrogen-bond donors (Lipinski definition) is 1. The summed E-state index contributed by atoms with van der Waals surface area (Å²) in [7, 11) is 0. The van der Waals surface area contributed by atoms with Crippen molar-refractivity contribution in [1.82, 2.24) is 4.90 Å². The van der Waals surface area contributed by atoms with Gasteiger partial charge in [-0.25, -0.2) is 0 Å². The summed E-state index contributed by atoms with van der Waals surface area (Å²) in [6.45, 7) is 6.11. The van der Waals surface area contributed by atoms with Crippen LogP contribution in [-0.2, 0) is 9.53 Å². The molecule has 0 unspecified atom stereocenters. The van der Waals surface area contributed by atoms with Gasteiger partial charge in [0.2, 0.25) is 0 Å². The van der Waals surface area contributed by atoms with Crippen LogP contribution in [0.3, 0.4) is 0 Å². The van der Waals surface area contributed by atoms with Gasteiger partial charge in [-0.1, -0.05) is 17.7 Å². The van der Waals surface area contributed by atoms with Crippen molar-refractivity contribution >= 4 is 11.6 Å². The van der Waals surface area contributed by atoms with E-state index in [2.05, 4.69) is 5.32 Å². The minimum atomic E-state index is -0.252. The van der Waals surface area contributed by atoms with E-state index in [1.54, 1.807) is 4.90 Å². The molecule has 1 amide bonds. The third kappa shape index (κ3) is 3.83. The molecule has 0 radical (unpaired) electrons. The summed E-state index contributed by atoms with van der Waals surface area (Å²) in [6.07, 6.45) is 1.48. The van der Waals surface area contributed by atoms with Crippen LogP contribution in [0.2, 0.25) is 0 Å². The number of ether oxygens (including phenoxy) is 1. The van der Waals surface area contributed by atoms with E-state index in [0.717, 1.165) is 11.3 Å². The Labute approximate surface area is 124 Å². The highest BCUT2D eigenvalue weighted by molar-refractivity contribution is 5.97. The summed E-state index contributed by atoms with van der Waals surface area (Å²) in [5.41, 5.74) is 3.24. The largest absolute Gasteiger partial charge is 0.378 e. The molecule has 5 nitrogen and oxygen atoms in total. The molecule has 1 aliphatic heterocycles. The van der Waals surface area contributed by atoms with Crippen molar-refractivity contribution in [3.8, 4) is 6.07 Å². The minimum absolute atomic E-state index is 0.108. The highest BCUT2D eigenvalue weighted by Gasteiger charge is 2.20. The number of benzene rings is 1. The van der Waals surface area contributed by atoms with Crippen LogP contribution < -0.4 is 5.32 Å². The lowest BCUT2D eigenvalue weighted by Gasteiger charge is -2.26. The second-order valence-corrected chi connectivity index (χ2v) is 5.04. The number of anilines is 1. The predicted octanol–water partition coefficient (Wildman–Crippen LogP) is 1.98. The van der Waals surface area contributed by atoms with Gasteiger partial charge in [0.25, 0.3) is 5.91 Å². The number of carbonyl (C=O) groups excluding carboxylic acids is 1. The van der Waals surface area contributed by atoms with Crippen LogP contribution in [0.25, 0.3) is 0 Å². The van der Waals surface area contributed by atoms with Crippen LogP contribution in [0.5, 0.6) is 0 Å². The Kier molecular flexibility index (Phi) is 4.96. The van der Waals surface area contributed by atoms with E-state index in [1.807, 2.05) is 38.1 Å². The van der Waals surface area contributed by atoms with E-state index in [-0.39, 0.29) is 11.5 Å². The van der Waals surface area contributed by atoms with Gasteiger partial charge in [0.15, 0.2) is 0 Å². The molecule has 1 N–H and O–H groups in total. The van der Waals surface area contributed by atoms with E-state index in [1.165, 1.54) is 11.8 Å². The van der Waals surface area contributed by atoms with Gasteiger partial charge in [-0.2, -0.15) is 5.26 Å². The first-order valence-electron chi connectivity index (χ1n) is 6.93. The number of rotatable bonds is 3. The molecule has 110 valence electrons. The van der Waals surface area contributed by atoms with Gasteiger partial charge in [0.05, 0.1) is 13.2 Å². The topological polar surface area (TPSA) is 65.4 Å². The lowest BCUT2D eigenvalue weighted by atomic mass is 10.1. The summed E-state index contributed by atoms with van der Waals surface area (Å²) in [5.74, 6) is -0.252. The molecule has 1 heterocycles. The van der Waals surface area contributed by atoms with Crippen LogP contribution in [-0.4, -0.2) is 37.1 Å². The van der Waals surface area contributed by atoms with Gasteiger partial charge in [-0.05, 0) is 25.5 Å². The molecule has 5 heteroatoms. The van der Waals surface area contributed by atoms with E-state index >= 15 is 0 Å². The third-order valence-corrected chi connectivity index (χ3v) is 3.40. The number of morpholine rings is 1. The highest BCUT2D eigenvalue weighted by atomic mass is 16.5. The van der Waals surface area contributed by atoms with Crippen molar-refractivity contribution < 1.29 is 9.53 Å². The fraction of sp³-hybridized carbons (Fsp3) is 0.375. The number of nitrogens with one attached hydrogen (secondary N) is 1. The third-order valence-electron chi connectivity index (χ3n) is 3.40. The van der Waals surface area contributed by atoms with Crippen molar-refractivity contribution in [3.05, 3.63) is 41.1 Å².